The van der Waals surface area contributed by atoms with E-state index in [0.29, 0.717) is 10.9 Å². The first-order chi connectivity index (χ1) is 12.1. The standard InChI is InChI=1S/C18H23N3O3S/c1-3-8-13(9-4-2)19-20-18-21(14-10-6-5-7-11-14)17(24)15(25-18)12-16(22)23/h5-7,10-11,15H,3-4,8-9,12H2,1-2H3,(H,22,23)/p-1/b20-18+/t15-/m1/s1. The highest BCUT2D eigenvalue weighted by Crippen LogP contribution is 2.33. The summed E-state index contributed by atoms with van der Waals surface area (Å²) in [5.41, 5.74) is 1.64. The Morgan fingerprint density at radius 3 is 2.40 bits per heavy atom. The number of aliphatic carboxylic acids is 1. The molecular formula is C18H22N3O3S-. The summed E-state index contributed by atoms with van der Waals surface area (Å²) in [6, 6.07) is 9.07. The molecule has 1 fully saturated rings. The highest BCUT2D eigenvalue weighted by atomic mass is 32.2. The Hall–Kier alpha value is -2.15. The molecule has 1 aliphatic heterocycles. The first-order valence-electron chi connectivity index (χ1n) is 8.45. The molecule has 1 atom stereocenters. The minimum atomic E-state index is -1.25. The number of amidine groups is 1. The number of nitrogens with zero attached hydrogens (tertiary/aromatic N) is 3. The van der Waals surface area contributed by atoms with Crippen molar-refractivity contribution in [3.8, 4) is 0 Å². The van der Waals surface area contributed by atoms with E-state index in [1.807, 2.05) is 18.2 Å². The van der Waals surface area contributed by atoms with Crippen molar-refractivity contribution < 1.29 is 14.7 Å². The first-order valence-corrected chi connectivity index (χ1v) is 9.33. The van der Waals surface area contributed by atoms with Crippen LogP contribution in [0.5, 0.6) is 0 Å². The molecule has 1 aromatic rings. The van der Waals surface area contributed by atoms with Crippen molar-refractivity contribution in [2.45, 2.75) is 51.2 Å². The van der Waals surface area contributed by atoms with Crippen LogP contribution in [0.3, 0.4) is 0 Å². The molecule has 25 heavy (non-hydrogen) atoms. The second kappa shape index (κ2) is 9.36. The monoisotopic (exact) mass is 360 g/mol. The van der Waals surface area contributed by atoms with Gasteiger partial charge in [0, 0.05) is 18.1 Å². The summed E-state index contributed by atoms with van der Waals surface area (Å²) < 4.78 is 0. The Kier molecular flexibility index (Phi) is 7.18. The maximum atomic E-state index is 12.6. The fourth-order valence-corrected chi connectivity index (χ4v) is 3.62. The molecule has 1 amide bonds. The van der Waals surface area contributed by atoms with Crippen molar-refractivity contribution in [1.29, 1.82) is 0 Å². The van der Waals surface area contributed by atoms with E-state index in [0.717, 1.165) is 43.2 Å². The van der Waals surface area contributed by atoms with Crippen LogP contribution < -0.4 is 10.0 Å². The Morgan fingerprint density at radius 1 is 1.20 bits per heavy atom. The molecule has 0 aliphatic carbocycles. The van der Waals surface area contributed by atoms with Gasteiger partial charge in [-0.2, -0.15) is 5.10 Å². The van der Waals surface area contributed by atoms with E-state index in [4.69, 9.17) is 0 Å². The molecule has 0 aromatic heterocycles. The second-order valence-corrected chi connectivity index (χ2v) is 6.91. The normalized spacial score (nSPS) is 18.6. The summed E-state index contributed by atoms with van der Waals surface area (Å²) in [6.07, 6.45) is 3.33. The molecule has 0 spiro atoms. The van der Waals surface area contributed by atoms with E-state index < -0.39 is 11.2 Å². The topological polar surface area (TPSA) is 85.2 Å². The van der Waals surface area contributed by atoms with Crippen LogP contribution in [0.2, 0.25) is 0 Å². The minimum Gasteiger partial charge on any atom is -0.550 e. The summed E-state index contributed by atoms with van der Waals surface area (Å²) in [7, 11) is 0. The van der Waals surface area contributed by atoms with Crippen LogP contribution in [0.1, 0.15) is 46.0 Å². The van der Waals surface area contributed by atoms with Crippen LogP contribution in [0.15, 0.2) is 40.5 Å². The third-order valence-electron chi connectivity index (χ3n) is 3.66. The van der Waals surface area contributed by atoms with Crippen LogP contribution in [0.25, 0.3) is 0 Å². The lowest BCUT2D eigenvalue weighted by Gasteiger charge is -2.15. The average molecular weight is 360 g/mol. The summed E-state index contributed by atoms with van der Waals surface area (Å²) in [5.74, 6) is -1.55. The van der Waals surface area contributed by atoms with Gasteiger partial charge in [-0.05, 0) is 25.0 Å². The van der Waals surface area contributed by atoms with E-state index in [9.17, 15) is 14.7 Å². The number of rotatable bonds is 8. The zero-order valence-electron chi connectivity index (χ0n) is 14.5. The van der Waals surface area contributed by atoms with Gasteiger partial charge in [0.25, 0.3) is 0 Å². The maximum absolute atomic E-state index is 12.6. The number of carbonyl (C=O) groups excluding carboxylic acids is 2. The average Bonchev–Trinajstić information content (AvgIpc) is 2.89. The number of anilines is 1. The van der Waals surface area contributed by atoms with Crippen LogP contribution in [-0.2, 0) is 9.59 Å². The van der Waals surface area contributed by atoms with Crippen molar-refractivity contribution in [3.05, 3.63) is 30.3 Å². The van der Waals surface area contributed by atoms with Gasteiger partial charge in [0.15, 0.2) is 5.17 Å². The van der Waals surface area contributed by atoms with E-state index >= 15 is 0 Å². The molecule has 134 valence electrons. The van der Waals surface area contributed by atoms with Gasteiger partial charge in [-0.3, -0.25) is 9.69 Å². The highest BCUT2D eigenvalue weighted by Gasteiger charge is 2.39. The lowest BCUT2D eigenvalue weighted by molar-refractivity contribution is -0.305. The highest BCUT2D eigenvalue weighted by molar-refractivity contribution is 8.16. The summed E-state index contributed by atoms with van der Waals surface area (Å²) in [5, 5.41) is 19.2. The van der Waals surface area contributed by atoms with Crippen molar-refractivity contribution in [3.63, 3.8) is 0 Å². The van der Waals surface area contributed by atoms with E-state index in [2.05, 4.69) is 24.1 Å². The predicted octanol–water partition coefficient (Wildman–Crippen LogP) is 2.59. The maximum Gasteiger partial charge on any atom is 0.247 e. The molecule has 0 N–H and O–H groups in total. The van der Waals surface area contributed by atoms with Gasteiger partial charge >= 0.3 is 0 Å². The molecular weight excluding hydrogens is 338 g/mol. The molecule has 6 nitrogen and oxygen atoms in total. The Balaban J connectivity index is 2.34. The summed E-state index contributed by atoms with van der Waals surface area (Å²) >= 11 is 1.13. The number of hydrogen-bond donors (Lipinski definition) is 0. The van der Waals surface area contributed by atoms with E-state index in [-0.39, 0.29) is 12.3 Å². The van der Waals surface area contributed by atoms with Gasteiger partial charge in [0.2, 0.25) is 5.91 Å². The van der Waals surface area contributed by atoms with Gasteiger partial charge in [-0.1, -0.05) is 56.7 Å². The molecule has 1 heterocycles. The molecule has 0 unspecified atom stereocenters. The minimum absolute atomic E-state index is 0.304. The number of benzene rings is 1. The Labute approximate surface area is 152 Å². The quantitative estimate of drug-likeness (QED) is 0.527. The zero-order chi connectivity index (χ0) is 18.2. The number of amides is 1. The first kappa shape index (κ1) is 19.2. The second-order valence-electron chi connectivity index (χ2n) is 5.74. The Bertz CT molecular complexity index is 665. The number of para-hydroxylation sites is 1. The molecule has 1 aromatic carbocycles. The lowest BCUT2D eigenvalue weighted by Crippen LogP contribution is -2.35. The third-order valence-corrected chi connectivity index (χ3v) is 4.78. The van der Waals surface area contributed by atoms with Crippen LogP contribution in [0, 0.1) is 0 Å². The van der Waals surface area contributed by atoms with Crippen molar-refractivity contribution >= 4 is 40.2 Å². The van der Waals surface area contributed by atoms with Gasteiger partial charge in [0.1, 0.15) is 0 Å². The van der Waals surface area contributed by atoms with Gasteiger partial charge < -0.3 is 9.90 Å². The number of carboxylic acids is 1. The number of carboxylic acid groups (broad SMARTS) is 1. The smallest absolute Gasteiger partial charge is 0.247 e. The summed E-state index contributed by atoms with van der Waals surface area (Å²) in [4.78, 5) is 25.0. The predicted molar refractivity (Wildman–Crippen MR) is 99.6 cm³/mol. The largest absolute Gasteiger partial charge is 0.550 e. The van der Waals surface area contributed by atoms with Crippen molar-refractivity contribution in [1.82, 2.24) is 0 Å². The van der Waals surface area contributed by atoms with Gasteiger partial charge in [0.05, 0.1) is 10.9 Å². The van der Waals surface area contributed by atoms with Crippen molar-refractivity contribution in [2.24, 2.45) is 10.2 Å². The molecule has 1 saturated heterocycles. The molecule has 0 radical (unpaired) electrons. The van der Waals surface area contributed by atoms with E-state index in [1.165, 1.54) is 4.90 Å². The third kappa shape index (κ3) is 5.16. The lowest BCUT2D eigenvalue weighted by atomic mass is 10.1. The van der Waals surface area contributed by atoms with Crippen LogP contribution in [0.4, 0.5) is 5.69 Å². The van der Waals surface area contributed by atoms with E-state index in [1.54, 1.807) is 12.1 Å². The van der Waals surface area contributed by atoms with Gasteiger partial charge in [-0.15, -0.1) is 5.10 Å². The number of thioether (sulfide) groups is 1. The molecule has 0 saturated carbocycles. The van der Waals surface area contributed by atoms with Crippen LogP contribution >= 0.6 is 11.8 Å². The molecule has 0 bridgehead atoms. The summed E-state index contributed by atoms with van der Waals surface area (Å²) in [6.45, 7) is 4.16. The molecule has 1 aliphatic rings. The fourth-order valence-electron chi connectivity index (χ4n) is 2.55. The molecule has 7 heteroatoms. The number of carbonyl (C=O) groups is 2. The number of hydrogen-bond acceptors (Lipinski definition) is 6. The SMILES string of the molecule is CCCC(CCC)=N/N=C1/S[C@H](CC(=O)[O-])C(=O)N1c1ccccc1. The molecule has 2 rings (SSSR count). The van der Waals surface area contributed by atoms with Crippen molar-refractivity contribution in [2.75, 3.05) is 4.90 Å². The van der Waals surface area contributed by atoms with Crippen LogP contribution in [-0.4, -0.2) is 28.0 Å². The zero-order valence-corrected chi connectivity index (χ0v) is 15.3. The Morgan fingerprint density at radius 2 is 1.84 bits per heavy atom. The van der Waals surface area contributed by atoms with Gasteiger partial charge in [-0.25, -0.2) is 0 Å². The fraction of sp³-hybridized carbons (Fsp3) is 0.444.